The van der Waals surface area contributed by atoms with Gasteiger partial charge in [-0.05, 0) is 38.1 Å². The van der Waals surface area contributed by atoms with Gasteiger partial charge in [0.15, 0.2) is 11.0 Å². The number of anilines is 1. The van der Waals surface area contributed by atoms with Gasteiger partial charge in [0.25, 0.3) is 0 Å². The van der Waals surface area contributed by atoms with Gasteiger partial charge in [-0.1, -0.05) is 57.5 Å². The Morgan fingerprint density at radius 3 is 2.40 bits per heavy atom. The van der Waals surface area contributed by atoms with Crippen molar-refractivity contribution in [2.24, 2.45) is 4.99 Å². The molecule has 0 saturated carbocycles. The Kier molecular flexibility index (Phi) is 7.28. The van der Waals surface area contributed by atoms with E-state index in [0.29, 0.717) is 18.2 Å². The van der Waals surface area contributed by atoms with Gasteiger partial charge < -0.3 is 4.90 Å². The monoisotopic (exact) mass is 482 g/mol. The summed E-state index contributed by atoms with van der Waals surface area (Å²) >= 11 is 5.12. The molecule has 132 valence electrons. The number of nitrogens with zero attached hydrogens (tertiary/aromatic N) is 2. The van der Waals surface area contributed by atoms with Crippen molar-refractivity contribution in [3.05, 3.63) is 64.1 Å². The van der Waals surface area contributed by atoms with Crippen molar-refractivity contribution >= 4 is 61.3 Å². The maximum Gasteiger partial charge on any atom is 0.182 e. The van der Waals surface area contributed by atoms with Crippen molar-refractivity contribution in [1.29, 1.82) is 0 Å². The minimum absolute atomic E-state index is 0. The fourth-order valence-electron chi connectivity index (χ4n) is 2.47. The number of aliphatic imine (C=N–C) groups is 1. The van der Waals surface area contributed by atoms with Crippen LogP contribution in [0.1, 0.15) is 22.8 Å². The van der Waals surface area contributed by atoms with Gasteiger partial charge >= 0.3 is 0 Å². The zero-order chi connectivity index (χ0) is 17.1. The van der Waals surface area contributed by atoms with E-state index >= 15 is 0 Å². The number of benzene rings is 2. The molecule has 0 aromatic heterocycles. The van der Waals surface area contributed by atoms with Crippen LogP contribution in [0.3, 0.4) is 0 Å². The van der Waals surface area contributed by atoms with Gasteiger partial charge in [-0.3, -0.25) is 9.79 Å². The molecule has 0 bridgehead atoms. The molecule has 0 amide bonds. The number of Topliss-reactive ketones (excluding diaryl/α,β-unsaturated/α-hetero) is 1. The third-order valence-corrected chi connectivity index (χ3v) is 5.59. The molecular weight excluding hydrogens is 464 g/mol. The topological polar surface area (TPSA) is 32.7 Å². The van der Waals surface area contributed by atoms with Crippen molar-refractivity contribution in [2.75, 3.05) is 17.2 Å². The quantitative estimate of drug-likeness (QED) is 0.537. The van der Waals surface area contributed by atoms with Crippen molar-refractivity contribution in [3.63, 3.8) is 0 Å². The lowest BCUT2D eigenvalue weighted by Crippen LogP contribution is -2.33. The summed E-state index contributed by atoms with van der Waals surface area (Å²) in [6.07, 6.45) is 0. The first-order valence-electron chi connectivity index (χ1n) is 7.86. The molecule has 3 rings (SSSR count). The molecule has 0 saturated heterocycles. The lowest BCUT2D eigenvalue weighted by Gasteiger charge is -2.23. The van der Waals surface area contributed by atoms with Crippen LogP contribution in [0.15, 0.2) is 58.0 Å². The van der Waals surface area contributed by atoms with Gasteiger partial charge in [0.05, 0.1) is 12.6 Å². The van der Waals surface area contributed by atoms with Crippen molar-refractivity contribution in [1.82, 2.24) is 0 Å². The third-order valence-electron chi connectivity index (χ3n) is 3.83. The van der Waals surface area contributed by atoms with E-state index in [2.05, 4.69) is 54.0 Å². The molecule has 0 fully saturated rings. The minimum Gasteiger partial charge on any atom is -0.313 e. The average molecular weight is 484 g/mol. The fraction of sp³-hybridized carbons (Fsp3) is 0.263. The number of halogens is 2. The summed E-state index contributed by atoms with van der Waals surface area (Å²) in [4.78, 5) is 19.4. The second kappa shape index (κ2) is 9.01. The highest BCUT2D eigenvalue weighted by Crippen LogP contribution is 2.26. The molecular formula is C19H20Br2N2OS. The Morgan fingerprint density at radius 1 is 1.20 bits per heavy atom. The second-order valence-corrected chi connectivity index (χ2v) is 7.83. The summed E-state index contributed by atoms with van der Waals surface area (Å²) in [5, 5.41) is 0.928. The Morgan fingerprint density at radius 2 is 1.84 bits per heavy atom. The SMILES string of the molecule is Br.Cc1ccc(N(CC(=O)c2ccc(Br)cc2)C2=NC(C)CS2)cc1. The molecule has 3 nitrogen and oxygen atoms in total. The van der Waals surface area contributed by atoms with E-state index in [9.17, 15) is 4.79 Å². The number of aryl methyl sites for hydroxylation is 1. The number of thioether (sulfide) groups is 1. The normalized spacial score (nSPS) is 16.1. The minimum atomic E-state index is 0. The van der Waals surface area contributed by atoms with Gasteiger partial charge in [0.2, 0.25) is 0 Å². The lowest BCUT2D eigenvalue weighted by molar-refractivity contribution is 0.100. The van der Waals surface area contributed by atoms with Gasteiger partial charge in [-0.25, -0.2) is 0 Å². The van der Waals surface area contributed by atoms with E-state index < -0.39 is 0 Å². The van der Waals surface area contributed by atoms with Gasteiger partial charge in [-0.2, -0.15) is 0 Å². The van der Waals surface area contributed by atoms with Crippen LogP contribution in [0.25, 0.3) is 0 Å². The van der Waals surface area contributed by atoms with Crippen molar-refractivity contribution < 1.29 is 4.79 Å². The summed E-state index contributed by atoms with van der Waals surface area (Å²) in [5.74, 6) is 1.05. The number of carbonyl (C=O) groups excluding carboxylic acids is 1. The van der Waals surface area contributed by atoms with Crippen LogP contribution in [-0.2, 0) is 0 Å². The number of carbonyl (C=O) groups is 1. The second-order valence-electron chi connectivity index (χ2n) is 5.92. The van der Waals surface area contributed by atoms with Gasteiger partial charge in [0, 0.05) is 21.5 Å². The maximum absolute atomic E-state index is 12.7. The average Bonchev–Trinajstić information content (AvgIpc) is 3.00. The van der Waals surface area contributed by atoms with Gasteiger partial charge in [-0.15, -0.1) is 17.0 Å². The van der Waals surface area contributed by atoms with Crippen LogP contribution < -0.4 is 4.90 Å². The van der Waals surface area contributed by atoms with Crippen LogP contribution in [-0.4, -0.2) is 29.3 Å². The summed E-state index contributed by atoms with van der Waals surface area (Å²) in [5.41, 5.74) is 2.92. The van der Waals surface area contributed by atoms with E-state index in [1.165, 1.54) is 5.56 Å². The molecule has 6 heteroatoms. The highest BCUT2D eigenvalue weighted by atomic mass is 79.9. The first kappa shape index (κ1) is 20.2. The molecule has 1 aliphatic heterocycles. The maximum atomic E-state index is 12.7. The summed E-state index contributed by atoms with van der Waals surface area (Å²) in [7, 11) is 0. The highest BCUT2D eigenvalue weighted by molar-refractivity contribution is 9.10. The van der Waals surface area contributed by atoms with Crippen LogP contribution >= 0.6 is 44.7 Å². The van der Waals surface area contributed by atoms with Crippen LogP contribution in [0.4, 0.5) is 5.69 Å². The third kappa shape index (κ3) is 5.19. The Hall–Kier alpha value is -1.11. The molecule has 0 N–H and O–H groups in total. The standard InChI is InChI=1S/C19H19BrN2OS.BrH/c1-13-3-9-17(10-4-13)22(19-21-14(2)12-24-19)11-18(23)15-5-7-16(20)8-6-15;/h3-10,14H,11-12H2,1-2H3;1H. The first-order chi connectivity index (χ1) is 11.5. The van der Waals surface area contributed by atoms with Crippen molar-refractivity contribution in [2.45, 2.75) is 19.9 Å². The van der Waals surface area contributed by atoms with Crippen molar-refractivity contribution in [3.8, 4) is 0 Å². The Balaban J connectivity index is 0.00000225. The van der Waals surface area contributed by atoms with E-state index in [-0.39, 0.29) is 22.8 Å². The number of ketones is 1. The Labute approximate surface area is 171 Å². The van der Waals surface area contributed by atoms with Crippen LogP contribution in [0, 0.1) is 6.92 Å². The zero-order valence-electron chi connectivity index (χ0n) is 14.1. The molecule has 0 radical (unpaired) electrons. The molecule has 2 aromatic rings. The number of hydrogen-bond acceptors (Lipinski definition) is 4. The lowest BCUT2D eigenvalue weighted by atomic mass is 10.1. The molecule has 1 aliphatic rings. The predicted molar refractivity (Wildman–Crippen MR) is 117 cm³/mol. The number of amidine groups is 1. The van der Waals surface area contributed by atoms with E-state index in [0.717, 1.165) is 21.1 Å². The zero-order valence-corrected chi connectivity index (χ0v) is 18.2. The fourth-order valence-corrected chi connectivity index (χ4v) is 3.78. The van der Waals surface area contributed by atoms with Gasteiger partial charge in [0.1, 0.15) is 0 Å². The van der Waals surface area contributed by atoms with E-state index in [4.69, 9.17) is 4.99 Å². The largest absolute Gasteiger partial charge is 0.313 e. The molecule has 1 atom stereocenters. The first-order valence-corrected chi connectivity index (χ1v) is 9.64. The molecule has 1 heterocycles. The summed E-state index contributed by atoms with van der Waals surface area (Å²) < 4.78 is 0.971. The van der Waals surface area contributed by atoms with Crippen LogP contribution in [0.2, 0.25) is 0 Å². The molecule has 0 spiro atoms. The Bertz CT molecular complexity index is 760. The predicted octanol–water partition coefficient (Wildman–Crippen LogP) is 5.52. The summed E-state index contributed by atoms with van der Waals surface area (Å²) in [6.45, 7) is 4.46. The molecule has 0 aliphatic carbocycles. The molecule has 1 unspecified atom stereocenters. The van der Waals surface area contributed by atoms with E-state index in [1.807, 2.05) is 29.2 Å². The molecule has 2 aromatic carbocycles. The molecule has 25 heavy (non-hydrogen) atoms. The van der Waals surface area contributed by atoms with Crippen LogP contribution in [0.5, 0.6) is 0 Å². The smallest absolute Gasteiger partial charge is 0.182 e. The summed E-state index contributed by atoms with van der Waals surface area (Å²) in [6, 6.07) is 16.0. The highest BCUT2D eigenvalue weighted by Gasteiger charge is 2.23. The van der Waals surface area contributed by atoms with E-state index in [1.54, 1.807) is 11.8 Å². The number of rotatable bonds is 4. The number of hydrogen-bond donors (Lipinski definition) is 0.